The van der Waals surface area contributed by atoms with Gasteiger partial charge in [-0.15, -0.1) is 0 Å². The fraction of sp³-hybridized carbons (Fsp3) is 0.250. The number of hydrogen-bond acceptors (Lipinski definition) is 6. The van der Waals surface area contributed by atoms with Crippen molar-refractivity contribution in [3.63, 3.8) is 0 Å². The van der Waals surface area contributed by atoms with Crippen LogP contribution in [0.1, 0.15) is 19.4 Å². The summed E-state index contributed by atoms with van der Waals surface area (Å²) in [6.07, 6.45) is 1.63. The average molecular weight is 342 g/mol. The summed E-state index contributed by atoms with van der Waals surface area (Å²) < 4.78 is 10.6. The second-order valence-corrected chi connectivity index (χ2v) is 6.71. The molecule has 3 aliphatic rings. The molecule has 122 valence electrons. The minimum atomic E-state index is -0.434. The van der Waals surface area contributed by atoms with E-state index in [9.17, 15) is 4.79 Å². The maximum absolute atomic E-state index is 12.3. The Morgan fingerprint density at radius 2 is 2.12 bits per heavy atom. The first-order chi connectivity index (χ1) is 11.5. The van der Waals surface area contributed by atoms with Gasteiger partial charge in [0.25, 0.3) is 5.91 Å². The lowest BCUT2D eigenvalue weighted by atomic mass is 10.1. The molecule has 3 heterocycles. The molecule has 0 unspecified atom stereocenters. The van der Waals surface area contributed by atoms with E-state index < -0.39 is 5.91 Å². The van der Waals surface area contributed by atoms with Crippen molar-refractivity contribution in [3.05, 3.63) is 29.3 Å². The van der Waals surface area contributed by atoms with Gasteiger partial charge in [-0.2, -0.15) is 15.1 Å². The highest BCUT2D eigenvalue weighted by molar-refractivity contribution is 8.27. The number of carbonyl (C=O) groups excluding carboxylic acids is 1. The van der Waals surface area contributed by atoms with E-state index in [1.54, 1.807) is 18.2 Å². The highest BCUT2D eigenvalue weighted by Gasteiger charge is 2.36. The Kier molecular flexibility index (Phi) is 3.42. The van der Waals surface area contributed by atoms with E-state index in [-0.39, 0.29) is 24.1 Å². The van der Waals surface area contributed by atoms with Crippen LogP contribution < -0.4 is 9.47 Å². The quantitative estimate of drug-likeness (QED) is 0.835. The van der Waals surface area contributed by atoms with E-state index in [0.717, 1.165) is 10.6 Å². The molecule has 1 amide bonds. The molecular formula is C16H14N4O3S. The summed E-state index contributed by atoms with van der Waals surface area (Å²) in [6, 6.07) is 5.36. The number of hydrazone groups is 1. The number of aliphatic imine (C=N–C) groups is 1. The van der Waals surface area contributed by atoms with Crippen molar-refractivity contribution in [3.8, 4) is 11.5 Å². The lowest BCUT2D eigenvalue weighted by Crippen LogP contribution is -2.35. The summed E-state index contributed by atoms with van der Waals surface area (Å²) in [5.74, 6) is 1.11. The second kappa shape index (κ2) is 5.48. The molecule has 1 aromatic rings. The van der Waals surface area contributed by atoms with Crippen molar-refractivity contribution in [1.82, 2.24) is 5.01 Å². The van der Waals surface area contributed by atoms with Crippen molar-refractivity contribution < 1.29 is 14.3 Å². The third-order valence-electron chi connectivity index (χ3n) is 3.67. The molecular weight excluding hydrogens is 328 g/mol. The molecule has 0 saturated carbocycles. The van der Waals surface area contributed by atoms with Crippen molar-refractivity contribution >= 4 is 39.8 Å². The number of rotatable bonds is 2. The largest absolute Gasteiger partial charge is 0.454 e. The van der Waals surface area contributed by atoms with Gasteiger partial charge in [-0.3, -0.25) is 10.2 Å². The number of nitrogens with zero attached hydrogens (tertiary/aromatic N) is 3. The minimum absolute atomic E-state index is 0.0332. The van der Waals surface area contributed by atoms with Gasteiger partial charge in [0.05, 0.1) is 5.57 Å². The number of hydrogen-bond donors (Lipinski definition) is 1. The topological polar surface area (TPSA) is 87.3 Å². The summed E-state index contributed by atoms with van der Waals surface area (Å²) >= 11 is 1.34. The molecule has 24 heavy (non-hydrogen) atoms. The maximum atomic E-state index is 12.3. The van der Waals surface area contributed by atoms with Gasteiger partial charge in [0.2, 0.25) is 12.0 Å². The summed E-state index contributed by atoms with van der Waals surface area (Å²) in [5, 5.41) is 15.4. The van der Waals surface area contributed by atoms with Crippen molar-refractivity contribution in [2.45, 2.75) is 13.8 Å². The number of benzene rings is 1. The molecule has 0 spiro atoms. The second-order valence-electron chi connectivity index (χ2n) is 5.73. The van der Waals surface area contributed by atoms with Gasteiger partial charge >= 0.3 is 0 Å². The molecule has 0 fully saturated rings. The molecule has 0 aromatic heterocycles. The van der Waals surface area contributed by atoms with E-state index in [2.05, 4.69) is 10.1 Å². The van der Waals surface area contributed by atoms with Gasteiger partial charge in [0, 0.05) is 5.92 Å². The molecule has 1 N–H and O–H groups in total. The number of ether oxygens (including phenoxy) is 2. The Hall–Kier alpha value is -2.61. The zero-order chi connectivity index (χ0) is 16.8. The van der Waals surface area contributed by atoms with Gasteiger partial charge in [0.15, 0.2) is 17.3 Å². The monoisotopic (exact) mass is 342 g/mol. The van der Waals surface area contributed by atoms with Crippen LogP contribution in [0.5, 0.6) is 11.5 Å². The molecule has 0 saturated heterocycles. The first-order valence-corrected chi connectivity index (χ1v) is 8.24. The fourth-order valence-corrected chi connectivity index (χ4v) is 3.30. The zero-order valence-corrected chi connectivity index (χ0v) is 13.9. The molecule has 7 nitrogen and oxygen atoms in total. The van der Waals surface area contributed by atoms with Gasteiger partial charge in [-0.25, -0.2) is 0 Å². The van der Waals surface area contributed by atoms with Gasteiger partial charge in [-0.05, 0) is 35.5 Å². The van der Waals surface area contributed by atoms with E-state index >= 15 is 0 Å². The average Bonchev–Trinajstić information content (AvgIpc) is 3.17. The highest BCUT2D eigenvalue weighted by Crippen LogP contribution is 2.34. The van der Waals surface area contributed by atoms with Crippen LogP contribution in [0.3, 0.4) is 0 Å². The Balaban J connectivity index is 1.69. The molecule has 0 aliphatic carbocycles. The Labute approximate surface area is 142 Å². The SMILES string of the molecule is CC(C)C1=NN2C(=N)/C(=C/c3ccc4c(c3)OCO4)C(=O)N=C2S1. The Morgan fingerprint density at radius 3 is 2.92 bits per heavy atom. The number of nitrogens with one attached hydrogen (secondary N) is 1. The number of amidine groups is 2. The number of amides is 1. The smallest absolute Gasteiger partial charge is 0.283 e. The summed E-state index contributed by atoms with van der Waals surface area (Å²) in [5.41, 5.74) is 0.942. The van der Waals surface area contributed by atoms with Crippen LogP contribution in [-0.4, -0.2) is 33.8 Å². The first kappa shape index (κ1) is 14.9. The van der Waals surface area contributed by atoms with E-state index in [1.165, 1.54) is 16.8 Å². The Morgan fingerprint density at radius 1 is 1.33 bits per heavy atom. The van der Waals surface area contributed by atoms with Crippen molar-refractivity contribution in [2.24, 2.45) is 16.0 Å². The van der Waals surface area contributed by atoms with Gasteiger partial charge < -0.3 is 9.47 Å². The van der Waals surface area contributed by atoms with Gasteiger partial charge in [-0.1, -0.05) is 19.9 Å². The summed E-state index contributed by atoms with van der Waals surface area (Å²) in [7, 11) is 0. The molecule has 4 rings (SSSR count). The lowest BCUT2D eigenvalue weighted by Gasteiger charge is -2.20. The number of fused-ring (bicyclic) bond motifs is 2. The van der Waals surface area contributed by atoms with Crippen LogP contribution in [0.15, 0.2) is 33.9 Å². The van der Waals surface area contributed by atoms with Crippen LogP contribution in [-0.2, 0) is 4.79 Å². The standard InChI is InChI=1S/C16H14N4O3S/c1-8(2)15-19-20-13(17)10(14(21)18-16(20)24-15)5-9-3-4-11-12(6-9)23-7-22-11/h3-6,8,17H,7H2,1-2H3/b10-5-,17-13?. The predicted molar refractivity (Wildman–Crippen MR) is 92.4 cm³/mol. The number of carbonyl (C=O) groups is 1. The summed E-state index contributed by atoms with van der Waals surface area (Å²) in [4.78, 5) is 16.4. The maximum Gasteiger partial charge on any atom is 0.283 e. The zero-order valence-electron chi connectivity index (χ0n) is 13.1. The fourth-order valence-electron chi connectivity index (χ4n) is 2.41. The first-order valence-electron chi connectivity index (χ1n) is 7.42. The van der Waals surface area contributed by atoms with E-state index in [1.807, 2.05) is 19.9 Å². The Bertz CT molecular complexity index is 857. The molecule has 3 aliphatic heterocycles. The van der Waals surface area contributed by atoms with Crippen LogP contribution in [0.2, 0.25) is 0 Å². The third kappa shape index (κ3) is 2.39. The van der Waals surface area contributed by atoms with Crippen LogP contribution in [0, 0.1) is 11.3 Å². The number of thioether (sulfide) groups is 1. The van der Waals surface area contributed by atoms with E-state index in [0.29, 0.717) is 16.7 Å². The van der Waals surface area contributed by atoms with Crippen LogP contribution >= 0.6 is 11.8 Å². The third-order valence-corrected chi connectivity index (χ3v) is 4.88. The van der Waals surface area contributed by atoms with Crippen LogP contribution in [0.4, 0.5) is 0 Å². The van der Waals surface area contributed by atoms with Crippen molar-refractivity contribution in [2.75, 3.05) is 6.79 Å². The molecule has 0 atom stereocenters. The van der Waals surface area contributed by atoms with Crippen LogP contribution in [0.25, 0.3) is 6.08 Å². The predicted octanol–water partition coefficient (Wildman–Crippen LogP) is 2.69. The van der Waals surface area contributed by atoms with Gasteiger partial charge in [0.1, 0.15) is 5.04 Å². The highest BCUT2D eigenvalue weighted by atomic mass is 32.2. The van der Waals surface area contributed by atoms with Crippen molar-refractivity contribution in [1.29, 1.82) is 5.41 Å². The summed E-state index contributed by atoms with van der Waals surface area (Å²) in [6.45, 7) is 4.22. The normalized spacial score (nSPS) is 20.6. The lowest BCUT2D eigenvalue weighted by molar-refractivity contribution is -0.114. The molecule has 8 heteroatoms. The molecule has 1 aromatic carbocycles. The van der Waals surface area contributed by atoms with E-state index in [4.69, 9.17) is 14.9 Å². The molecule has 0 radical (unpaired) electrons. The minimum Gasteiger partial charge on any atom is -0.454 e. The molecule has 0 bridgehead atoms.